The molecule has 2 aliphatic rings. The number of carbonyl (C=O) groups excluding carboxylic acids is 1. The molecular formula is C16H19NO3. The highest BCUT2D eigenvalue weighted by molar-refractivity contribution is 5.97. The van der Waals surface area contributed by atoms with E-state index in [1.165, 1.54) is 11.1 Å². The molecule has 106 valence electrons. The van der Waals surface area contributed by atoms with E-state index in [9.17, 15) is 14.7 Å². The minimum atomic E-state index is -0.814. The maximum atomic E-state index is 12.7. The summed E-state index contributed by atoms with van der Waals surface area (Å²) in [4.78, 5) is 25.6. The second kappa shape index (κ2) is 4.62. The molecule has 1 aromatic rings. The maximum Gasteiger partial charge on any atom is 0.311 e. The summed E-state index contributed by atoms with van der Waals surface area (Å²) in [5.74, 6) is -0.820. The molecule has 1 saturated heterocycles. The molecule has 1 atom stereocenters. The molecule has 1 amide bonds. The van der Waals surface area contributed by atoms with Crippen molar-refractivity contribution in [3.63, 3.8) is 0 Å². The van der Waals surface area contributed by atoms with Gasteiger partial charge in [-0.25, -0.2) is 0 Å². The molecule has 1 fully saturated rings. The van der Waals surface area contributed by atoms with E-state index in [1.54, 1.807) is 11.8 Å². The van der Waals surface area contributed by atoms with Crippen molar-refractivity contribution in [3.8, 4) is 0 Å². The lowest BCUT2D eigenvalue weighted by Crippen LogP contribution is -2.35. The van der Waals surface area contributed by atoms with E-state index in [0.717, 1.165) is 24.8 Å². The average molecular weight is 273 g/mol. The van der Waals surface area contributed by atoms with Gasteiger partial charge in [-0.15, -0.1) is 0 Å². The Morgan fingerprint density at radius 3 is 2.80 bits per heavy atom. The van der Waals surface area contributed by atoms with Crippen LogP contribution in [0.15, 0.2) is 18.2 Å². The smallest absolute Gasteiger partial charge is 0.311 e. The first-order valence-electron chi connectivity index (χ1n) is 7.15. The molecule has 20 heavy (non-hydrogen) atoms. The number of aliphatic carboxylic acids is 1. The largest absolute Gasteiger partial charge is 0.481 e. The Morgan fingerprint density at radius 1 is 1.30 bits per heavy atom. The third kappa shape index (κ3) is 1.99. The molecule has 4 nitrogen and oxygen atoms in total. The topological polar surface area (TPSA) is 57.6 Å². The summed E-state index contributed by atoms with van der Waals surface area (Å²) in [5.41, 5.74) is 2.42. The van der Waals surface area contributed by atoms with Crippen LogP contribution in [0, 0.1) is 5.41 Å². The number of fused-ring (bicyclic) bond motifs is 1. The standard InChI is InChI=1S/C16H19NO3/c1-16(15(19)20)8-9-17(10-16)14(18)13-7-3-5-11-4-2-6-12(11)13/h3,5,7H,2,4,6,8-10H2,1H3,(H,19,20). The van der Waals surface area contributed by atoms with E-state index in [2.05, 4.69) is 6.07 Å². The number of hydrogen-bond acceptors (Lipinski definition) is 2. The number of amides is 1. The Bertz CT molecular complexity index is 581. The Morgan fingerprint density at radius 2 is 2.10 bits per heavy atom. The fourth-order valence-corrected chi connectivity index (χ4v) is 3.30. The molecule has 1 aliphatic heterocycles. The van der Waals surface area contributed by atoms with Crippen LogP contribution in [0.3, 0.4) is 0 Å². The van der Waals surface area contributed by atoms with Crippen molar-refractivity contribution >= 4 is 11.9 Å². The van der Waals surface area contributed by atoms with Crippen molar-refractivity contribution in [3.05, 3.63) is 34.9 Å². The summed E-state index contributed by atoms with van der Waals surface area (Å²) in [6.45, 7) is 2.56. The van der Waals surface area contributed by atoms with Gasteiger partial charge >= 0.3 is 5.97 Å². The zero-order valence-electron chi connectivity index (χ0n) is 11.7. The summed E-state index contributed by atoms with van der Waals surface area (Å²) in [7, 11) is 0. The van der Waals surface area contributed by atoms with E-state index < -0.39 is 11.4 Å². The van der Waals surface area contributed by atoms with E-state index in [1.807, 2.05) is 12.1 Å². The van der Waals surface area contributed by atoms with Gasteiger partial charge in [-0.05, 0) is 49.8 Å². The van der Waals surface area contributed by atoms with Gasteiger partial charge in [0.1, 0.15) is 0 Å². The van der Waals surface area contributed by atoms with Gasteiger partial charge in [-0.3, -0.25) is 9.59 Å². The van der Waals surface area contributed by atoms with Crippen molar-refractivity contribution in [2.45, 2.75) is 32.6 Å². The second-order valence-corrected chi connectivity index (χ2v) is 6.14. The molecule has 1 aromatic carbocycles. The molecule has 0 bridgehead atoms. The number of hydrogen-bond donors (Lipinski definition) is 1. The van der Waals surface area contributed by atoms with E-state index >= 15 is 0 Å². The number of likely N-dealkylation sites (tertiary alicyclic amines) is 1. The van der Waals surface area contributed by atoms with Crippen molar-refractivity contribution in [2.24, 2.45) is 5.41 Å². The number of rotatable bonds is 2. The molecule has 1 aliphatic carbocycles. The van der Waals surface area contributed by atoms with Crippen LogP contribution in [-0.4, -0.2) is 35.0 Å². The highest BCUT2D eigenvalue weighted by Crippen LogP contribution is 2.32. The van der Waals surface area contributed by atoms with Gasteiger partial charge in [0.2, 0.25) is 0 Å². The summed E-state index contributed by atoms with van der Waals surface area (Å²) >= 11 is 0. The van der Waals surface area contributed by atoms with Gasteiger partial charge < -0.3 is 10.0 Å². The van der Waals surface area contributed by atoms with Crippen LogP contribution in [0.4, 0.5) is 0 Å². The lowest BCUT2D eigenvalue weighted by molar-refractivity contribution is -0.147. The van der Waals surface area contributed by atoms with Crippen molar-refractivity contribution in [1.29, 1.82) is 0 Å². The number of nitrogens with zero attached hydrogens (tertiary/aromatic N) is 1. The number of carbonyl (C=O) groups is 2. The first-order chi connectivity index (χ1) is 9.51. The fraction of sp³-hybridized carbons (Fsp3) is 0.500. The first kappa shape index (κ1) is 13.2. The third-order valence-electron chi connectivity index (χ3n) is 4.65. The monoisotopic (exact) mass is 273 g/mol. The molecule has 1 heterocycles. The SMILES string of the molecule is CC1(C(=O)O)CCN(C(=O)c2cccc3c2CCC3)C1. The summed E-state index contributed by atoms with van der Waals surface area (Å²) in [6.07, 6.45) is 3.64. The van der Waals surface area contributed by atoms with Crippen LogP contribution in [0.5, 0.6) is 0 Å². The van der Waals surface area contributed by atoms with Crippen LogP contribution in [0.25, 0.3) is 0 Å². The van der Waals surface area contributed by atoms with Gasteiger partial charge in [0.25, 0.3) is 5.91 Å². The van der Waals surface area contributed by atoms with Gasteiger partial charge in [0.05, 0.1) is 5.41 Å². The zero-order chi connectivity index (χ0) is 14.3. The summed E-state index contributed by atoms with van der Waals surface area (Å²) in [5, 5.41) is 9.26. The third-order valence-corrected chi connectivity index (χ3v) is 4.65. The molecule has 1 unspecified atom stereocenters. The quantitative estimate of drug-likeness (QED) is 0.898. The molecule has 1 N–H and O–H groups in total. The minimum Gasteiger partial charge on any atom is -0.481 e. The predicted octanol–water partition coefficient (Wildman–Crippen LogP) is 2.11. The maximum absolute atomic E-state index is 12.7. The lowest BCUT2D eigenvalue weighted by Gasteiger charge is -2.21. The van der Waals surface area contributed by atoms with Crippen LogP contribution < -0.4 is 0 Å². The zero-order valence-corrected chi connectivity index (χ0v) is 11.7. The Kier molecular flexibility index (Phi) is 3.04. The molecule has 0 radical (unpaired) electrons. The van der Waals surface area contributed by atoms with E-state index in [0.29, 0.717) is 19.5 Å². The number of benzene rings is 1. The van der Waals surface area contributed by atoms with Crippen molar-refractivity contribution in [2.75, 3.05) is 13.1 Å². The minimum absolute atomic E-state index is 0.00581. The molecule has 4 heteroatoms. The van der Waals surface area contributed by atoms with Crippen LogP contribution in [0.1, 0.15) is 41.3 Å². The molecular weight excluding hydrogens is 254 g/mol. The normalized spacial score (nSPS) is 24.8. The second-order valence-electron chi connectivity index (χ2n) is 6.14. The van der Waals surface area contributed by atoms with Crippen LogP contribution in [0.2, 0.25) is 0 Å². The Labute approximate surface area is 118 Å². The summed E-state index contributed by atoms with van der Waals surface area (Å²) in [6, 6.07) is 5.90. The van der Waals surface area contributed by atoms with Gasteiger partial charge in [0, 0.05) is 18.7 Å². The predicted molar refractivity (Wildman–Crippen MR) is 74.7 cm³/mol. The van der Waals surface area contributed by atoms with Crippen LogP contribution in [-0.2, 0) is 17.6 Å². The summed E-state index contributed by atoms with van der Waals surface area (Å²) < 4.78 is 0. The highest BCUT2D eigenvalue weighted by atomic mass is 16.4. The number of carboxylic acid groups (broad SMARTS) is 1. The lowest BCUT2D eigenvalue weighted by atomic mass is 9.90. The van der Waals surface area contributed by atoms with Gasteiger partial charge in [-0.2, -0.15) is 0 Å². The molecule has 0 spiro atoms. The van der Waals surface area contributed by atoms with Crippen LogP contribution >= 0.6 is 0 Å². The van der Waals surface area contributed by atoms with Crippen molar-refractivity contribution in [1.82, 2.24) is 4.90 Å². The van der Waals surface area contributed by atoms with Gasteiger partial charge in [0.15, 0.2) is 0 Å². The average Bonchev–Trinajstić information content (AvgIpc) is 3.04. The molecule has 0 aromatic heterocycles. The van der Waals surface area contributed by atoms with Gasteiger partial charge in [-0.1, -0.05) is 12.1 Å². The van der Waals surface area contributed by atoms with E-state index in [4.69, 9.17) is 0 Å². The fourth-order valence-electron chi connectivity index (χ4n) is 3.30. The molecule has 0 saturated carbocycles. The van der Waals surface area contributed by atoms with E-state index in [-0.39, 0.29) is 5.91 Å². The Hall–Kier alpha value is -1.84. The number of carboxylic acids is 1. The highest BCUT2D eigenvalue weighted by Gasteiger charge is 2.42. The molecule has 3 rings (SSSR count). The Balaban J connectivity index is 1.85. The van der Waals surface area contributed by atoms with Crippen molar-refractivity contribution < 1.29 is 14.7 Å². The number of aryl methyl sites for hydroxylation is 1. The first-order valence-corrected chi connectivity index (χ1v) is 7.15.